The van der Waals surface area contributed by atoms with Crippen LogP contribution in [-0.4, -0.2) is 24.3 Å². The zero-order valence-corrected chi connectivity index (χ0v) is 4.54. The van der Waals surface area contributed by atoms with E-state index in [4.69, 9.17) is 5.26 Å². The summed E-state index contributed by atoms with van der Waals surface area (Å²) >= 11 is 0. The second-order valence-corrected chi connectivity index (χ2v) is 1.73. The van der Waals surface area contributed by atoms with E-state index in [-0.39, 0.29) is 0 Å². The van der Waals surface area contributed by atoms with E-state index in [1.165, 1.54) is 6.42 Å². The number of hydrogen-bond acceptors (Lipinski definition) is 2. The van der Waals surface area contributed by atoms with E-state index >= 15 is 0 Å². The van der Waals surface area contributed by atoms with Crippen molar-refractivity contribution < 1.29 is 0 Å². The van der Waals surface area contributed by atoms with Crippen LogP contribution in [0.5, 0.6) is 0 Å². The molecule has 0 amide bonds. The number of nitrogens with zero attached hydrogens (tertiary/aromatic N) is 3. The van der Waals surface area contributed by atoms with Crippen molar-refractivity contribution in [2.24, 2.45) is 4.99 Å². The molecule has 1 aliphatic rings. The van der Waals surface area contributed by atoms with Gasteiger partial charge in [0.05, 0.1) is 0 Å². The summed E-state index contributed by atoms with van der Waals surface area (Å²) in [5, 5.41) is 7.96. The molecule has 0 unspecified atom stereocenters. The molecule has 0 aromatic rings. The maximum atomic E-state index is 7.96. The SMILES string of the molecule is N#CN=CN1CCC1. The van der Waals surface area contributed by atoms with Crippen LogP contribution in [0.1, 0.15) is 6.42 Å². The van der Waals surface area contributed by atoms with Gasteiger partial charge in [-0.2, -0.15) is 10.3 Å². The van der Waals surface area contributed by atoms with Gasteiger partial charge in [-0.25, -0.2) is 0 Å². The lowest BCUT2D eigenvalue weighted by molar-refractivity contribution is 0.310. The summed E-state index contributed by atoms with van der Waals surface area (Å²) in [5.74, 6) is 0. The van der Waals surface area contributed by atoms with Crippen LogP contribution in [0, 0.1) is 11.5 Å². The van der Waals surface area contributed by atoms with E-state index < -0.39 is 0 Å². The van der Waals surface area contributed by atoms with Crippen LogP contribution >= 0.6 is 0 Å². The van der Waals surface area contributed by atoms with Gasteiger partial charge >= 0.3 is 0 Å². The summed E-state index contributed by atoms with van der Waals surface area (Å²) in [7, 11) is 0. The summed E-state index contributed by atoms with van der Waals surface area (Å²) in [6, 6.07) is 0. The van der Waals surface area contributed by atoms with E-state index in [1.807, 2.05) is 4.90 Å². The molecule has 3 nitrogen and oxygen atoms in total. The molecule has 1 fully saturated rings. The minimum Gasteiger partial charge on any atom is -0.362 e. The van der Waals surface area contributed by atoms with Gasteiger partial charge in [-0.15, -0.1) is 0 Å². The van der Waals surface area contributed by atoms with Crippen LogP contribution in [0.25, 0.3) is 0 Å². The average molecular weight is 109 g/mol. The molecule has 0 aliphatic carbocycles. The second kappa shape index (κ2) is 2.31. The Balaban J connectivity index is 2.20. The molecule has 0 radical (unpaired) electrons. The van der Waals surface area contributed by atoms with Gasteiger partial charge in [0.1, 0.15) is 6.34 Å². The monoisotopic (exact) mass is 109 g/mol. The molecule has 42 valence electrons. The van der Waals surface area contributed by atoms with Gasteiger partial charge in [0.2, 0.25) is 6.19 Å². The lowest BCUT2D eigenvalue weighted by Gasteiger charge is -2.27. The van der Waals surface area contributed by atoms with E-state index in [0.717, 1.165) is 13.1 Å². The van der Waals surface area contributed by atoms with Crippen molar-refractivity contribution in [1.82, 2.24) is 4.90 Å². The molecule has 0 saturated carbocycles. The molecule has 1 saturated heterocycles. The minimum absolute atomic E-state index is 1.06. The highest BCUT2D eigenvalue weighted by Gasteiger charge is 2.07. The number of likely N-dealkylation sites (tertiary alicyclic amines) is 1. The zero-order valence-electron chi connectivity index (χ0n) is 4.54. The summed E-state index contributed by atoms with van der Waals surface area (Å²) in [4.78, 5) is 5.40. The van der Waals surface area contributed by atoms with Crippen molar-refractivity contribution in [3.05, 3.63) is 0 Å². The van der Waals surface area contributed by atoms with E-state index in [0.29, 0.717) is 0 Å². The number of rotatable bonds is 1. The molecule has 3 heteroatoms. The number of hydrogen-bond donors (Lipinski definition) is 0. The highest BCUT2D eigenvalue weighted by molar-refractivity contribution is 5.57. The third kappa shape index (κ3) is 0.969. The maximum Gasteiger partial charge on any atom is 0.207 e. The van der Waals surface area contributed by atoms with Crippen molar-refractivity contribution in [1.29, 1.82) is 5.26 Å². The van der Waals surface area contributed by atoms with E-state index in [2.05, 4.69) is 4.99 Å². The highest BCUT2D eigenvalue weighted by Crippen LogP contribution is 2.00. The van der Waals surface area contributed by atoms with Gasteiger partial charge in [0, 0.05) is 13.1 Å². The van der Waals surface area contributed by atoms with Gasteiger partial charge in [-0.3, -0.25) is 0 Å². The summed E-state index contributed by atoms with van der Waals surface area (Å²) in [6.07, 6.45) is 4.51. The molecule has 0 bridgehead atoms. The van der Waals surface area contributed by atoms with Crippen LogP contribution in [0.2, 0.25) is 0 Å². The predicted octanol–water partition coefficient (Wildman–Crippen LogP) is 0.201. The van der Waals surface area contributed by atoms with E-state index in [1.54, 1.807) is 12.5 Å². The molecule has 1 heterocycles. The Kier molecular flexibility index (Phi) is 1.48. The van der Waals surface area contributed by atoms with Crippen molar-refractivity contribution in [2.75, 3.05) is 13.1 Å². The third-order valence-electron chi connectivity index (χ3n) is 1.17. The Morgan fingerprint density at radius 1 is 1.62 bits per heavy atom. The van der Waals surface area contributed by atoms with Gasteiger partial charge in [-0.1, -0.05) is 0 Å². The Morgan fingerprint density at radius 2 is 2.38 bits per heavy atom. The largest absolute Gasteiger partial charge is 0.362 e. The molecule has 8 heavy (non-hydrogen) atoms. The molecule has 1 rings (SSSR count). The van der Waals surface area contributed by atoms with Gasteiger partial charge in [-0.05, 0) is 6.42 Å². The molecule has 1 aliphatic heterocycles. The Hall–Kier alpha value is -1.04. The first-order chi connectivity index (χ1) is 3.93. The third-order valence-corrected chi connectivity index (χ3v) is 1.17. The Bertz CT molecular complexity index is 129. The lowest BCUT2D eigenvalue weighted by atomic mass is 10.2. The quantitative estimate of drug-likeness (QED) is 0.274. The highest BCUT2D eigenvalue weighted by atomic mass is 15.2. The zero-order chi connectivity index (χ0) is 5.82. The summed E-state index contributed by atoms with van der Waals surface area (Å²) in [6.45, 7) is 2.12. The smallest absolute Gasteiger partial charge is 0.207 e. The topological polar surface area (TPSA) is 39.4 Å². The second-order valence-electron chi connectivity index (χ2n) is 1.73. The van der Waals surface area contributed by atoms with Crippen LogP contribution in [0.3, 0.4) is 0 Å². The molecular formula is C5H7N3. The number of nitriles is 1. The molecule has 0 spiro atoms. The van der Waals surface area contributed by atoms with E-state index in [9.17, 15) is 0 Å². The van der Waals surface area contributed by atoms with Crippen molar-refractivity contribution >= 4 is 6.34 Å². The van der Waals surface area contributed by atoms with Crippen molar-refractivity contribution in [3.63, 3.8) is 0 Å². The molecule has 0 aromatic carbocycles. The van der Waals surface area contributed by atoms with Gasteiger partial charge in [0.25, 0.3) is 0 Å². The fourth-order valence-electron chi connectivity index (χ4n) is 0.564. The average Bonchev–Trinajstić information content (AvgIpc) is 1.63. The molecule has 0 atom stereocenters. The molecule has 0 N–H and O–H groups in total. The summed E-state index contributed by atoms with van der Waals surface area (Å²) in [5.41, 5.74) is 0. The van der Waals surface area contributed by atoms with Crippen LogP contribution < -0.4 is 0 Å². The lowest BCUT2D eigenvalue weighted by Crippen LogP contribution is -2.35. The molecule has 0 aromatic heterocycles. The fourth-order valence-corrected chi connectivity index (χ4v) is 0.564. The van der Waals surface area contributed by atoms with Crippen molar-refractivity contribution in [3.8, 4) is 6.19 Å². The van der Waals surface area contributed by atoms with Gasteiger partial charge in [0.15, 0.2) is 0 Å². The maximum absolute atomic E-state index is 7.96. The van der Waals surface area contributed by atoms with Crippen LogP contribution in [0.15, 0.2) is 4.99 Å². The van der Waals surface area contributed by atoms with Gasteiger partial charge < -0.3 is 4.90 Å². The number of aliphatic imine (C=N–C) groups is 1. The van der Waals surface area contributed by atoms with Crippen molar-refractivity contribution in [2.45, 2.75) is 6.42 Å². The first kappa shape index (κ1) is 5.10. The Labute approximate surface area is 48.2 Å². The minimum atomic E-state index is 1.06. The molecular weight excluding hydrogens is 102 g/mol. The first-order valence-corrected chi connectivity index (χ1v) is 2.60. The standard InChI is InChI=1S/C5H7N3/c6-4-7-5-8-2-1-3-8/h5H,1-3H2. The van der Waals surface area contributed by atoms with Crippen LogP contribution in [-0.2, 0) is 0 Å². The summed E-state index contributed by atoms with van der Waals surface area (Å²) < 4.78 is 0. The normalized spacial score (nSPS) is 18.1. The Morgan fingerprint density at radius 3 is 2.75 bits per heavy atom. The predicted molar refractivity (Wildman–Crippen MR) is 30.3 cm³/mol. The fraction of sp³-hybridized carbons (Fsp3) is 0.600. The van der Waals surface area contributed by atoms with Crippen LogP contribution in [0.4, 0.5) is 0 Å². The first-order valence-electron chi connectivity index (χ1n) is 2.60.